The largest absolute Gasteiger partial charge is 0.417 e. The van der Waals surface area contributed by atoms with E-state index in [0.717, 1.165) is 6.07 Å². The molecule has 2 aromatic rings. The van der Waals surface area contributed by atoms with Gasteiger partial charge in [-0.1, -0.05) is 41.9 Å². The smallest absolute Gasteiger partial charge is 0.298 e. The maximum atomic E-state index is 13.0. The number of aldehydes is 1. The molecule has 5 heteroatoms. The molecule has 0 aliphatic carbocycles. The summed E-state index contributed by atoms with van der Waals surface area (Å²) >= 11 is 5.94. The van der Waals surface area contributed by atoms with Crippen molar-refractivity contribution >= 4 is 17.9 Å². The van der Waals surface area contributed by atoms with E-state index in [9.17, 15) is 18.0 Å². The molecule has 0 saturated heterocycles. The number of rotatable bonds is 2. The van der Waals surface area contributed by atoms with Crippen molar-refractivity contribution in [3.63, 3.8) is 0 Å². The summed E-state index contributed by atoms with van der Waals surface area (Å²) < 4.78 is 38.9. The summed E-state index contributed by atoms with van der Waals surface area (Å²) in [6.07, 6.45) is -4.01. The van der Waals surface area contributed by atoms with Crippen LogP contribution < -0.4 is 0 Å². The summed E-state index contributed by atoms with van der Waals surface area (Å²) in [7, 11) is 0. The maximum absolute atomic E-state index is 13.0. The van der Waals surface area contributed by atoms with Gasteiger partial charge in [0.1, 0.15) is 0 Å². The molecule has 1 nitrogen and oxygen atoms in total. The highest BCUT2D eigenvalue weighted by Gasteiger charge is 2.34. The van der Waals surface area contributed by atoms with Gasteiger partial charge in [-0.3, -0.25) is 4.79 Å². The minimum Gasteiger partial charge on any atom is -0.298 e. The molecule has 19 heavy (non-hydrogen) atoms. The molecule has 0 unspecified atom stereocenters. The second-order valence-electron chi connectivity index (χ2n) is 3.87. The first-order valence-electron chi connectivity index (χ1n) is 5.35. The molecule has 0 atom stereocenters. The summed E-state index contributed by atoms with van der Waals surface area (Å²) in [5.41, 5.74) is -0.676. The number of halogens is 4. The molecule has 0 fully saturated rings. The topological polar surface area (TPSA) is 17.1 Å². The van der Waals surface area contributed by atoms with Crippen LogP contribution in [0.5, 0.6) is 0 Å². The lowest BCUT2D eigenvalue weighted by atomic mass is 9.95. The van der Waals surface area contributed by atoms with Gasteiger partial charge in [-0.15, -0.1) is 0 Å². The van der Waals surface area contributed by atoms with Gasteiger partial charge in [0.05, 0.1) is 5.56 Å². The van der Waals surface area contributed by atoms with Gasteiger partial charge in [0.15, 0.2) is 6.29 Å². The van der Waals surface area contributed by atoms with E-state index in [4.69, 9.17) is 11.6 Å². The van der Waals surface area contributed by atoms with E-state index in [0.29, 0.717) is 6.29 Å². The van der Waals surface area contributed by atoms with Crippen LogP contribution >= 0.6 is 11.6 Å². The number of hydrogen-bond acceptors (Lipinski definition) is 1. The number of carbonyl (C=O) groups is 1. The zero-order valence-electron chi connectivity index (χ0n) is 9.54. The molecule has 0 N–H and O–H groups in total. The van der Waals surface area contributed by atoms with Crippen molar-refractivity contribution in [1.82, 2.24) is 0 Å². The van der Waals surface area contributed by atoms with Crippen LogP contribution in [0.2, 0.25) is 5.02 Å². The first-order valence-corrected chi connectivity index (χ1v) is 5.73. The summed E-state index contributed by atoms with van der Waals surface area (Å²) in [5, 5.41) is 0.112. The van der Waals surface area contributed by atoms with E-state index in [2.05, 4.69) is 0 Å². The Morgan fingerprint density at radius 3 is 2.32 bits per heavy atom. The van der Waals surface area contributed by atoms with Crippen molar-refractivity contribution in [3.8, 4) is 11.1 Å². The lowest BCUT2D eigenvalue weighted by Gasteiger charge is -2.15. The van der Waals surface area contributed by atoms with Crippen molar-refractivity contribution in [2.45, 2.75) is 6.18 Å². The minimum absolute atomic E-state index is 0.0947. The molecule has 98 valence electrons. The molecular weight excluding hydrogens is 277 g/mol. The van der Waals surface area contributed by atoms with Crippen LogP contribution in [0.4, 0.5) is 13.2 Å². The maximum Gasteiger partial charge on any atom is 0.417 e. The second kappa shape index (κ2) is 5.05. The van der Waals surface area contributed by atoms with Gasteiger partial charge in [-0.05, 0) is 17.7 Å². The second-order valence-corrected chi connectivity index (χ2v) is 4.27. The minimum atomic E-state index is -4.50. The molecule has 2 rings (SSSR count). The van der Waals surface area contributed by atoms with Gasteiger partial charge in [0, 0.05) is 16.1 Å². The van der Waals surface area contributed by atoms with Crippen molar-refractivity contribution in [2.24, 2.45) is 0 Å². The Morgan fingerprint density at radius 2 is 1.68 bits per heavy atom. The predicted molar refractivity (Wildman–Crippen MR) is 67.3 cm³/mol. The van der Waals surface area contributed by atoms with Crippen LogP contribution in [0, 0.1) is 0 Å². The quantitative estimate of drug-likeness (QED) is 0.721. The van der Waals surface area contributed by atoms with Crippen LogP contribution in [-0.2, 0) is 6.18 Å². The van der Waals surface area contributed by atoms with Gasteiger partial charge in [0.2, 0.25) is 0 Å². The van der Waals surface area contributed by atoms with Gasteiger partial charge in [-0.25, -0.2) is 0 Å². The van der Waals surface area contributed by atoms with E-state index in [1.54, 1.807) is 0 Å². The fourth-order valence-electron chi connectivity index (χ4n) is 1.87. The normalized spacial score (nSPS) is 11.4. The van der Waals surface area contributed by atoms with E-state index in [-0.39, 0.29) is 21.7 Å². The molecule has 0 aromatic heterocycles. The standard InChI is InChI=1S/C14H8ClF3O/c15-12-7-3-4-9(8-19)13(12)10-5-1-2-6-11(10)14(16,17)18/h1-8H. The fourth-order valence-corrected chi connectivity index (χ4v) is 2.16. The highest BCUT2D eigenvalue weighted by molar-refractivity contribution is 6.34. The van der Waals surface area contributed by atoms with Crippen LogP contribution in [0.3, 0.4) is 0 Å². The molecule has 0 radical (unpaired) electrons. The third-order valence-corrected chi connectivity index (χ3v) is 2.99. The van der Waals surface area contributed by atoms with Crippen molar-refractivity contribution in [1.29, 1.82) is 0 Å². The lowest BCUT2D eigenvalue weighted by molar-refractivity contribution is -0.137. The predicted octanol–water partition coefficient (Wildman–Crippen LogP) is 4.84. The van der Waals surface area contributed by atoms with Crippen LogP contribution in [0.15, 0.2) is 42.5 Å². The highest BCUT2D eigenvalue weighted by atomic mass is 35.5. The number of benzene rings is 2. The molecule has 0 amide bonds. The number of hydrogen-bond donors (Lipinski definition) is 0. The first-order chi connectivity index (χ1) is 8.95. The molecule has 0 spiro atoms. The zero-order chi connectivity index (χ0) is 14.0. The van der Waals surface area contributed by atoms with Gasteiger partial charge in [-0.2, -0.15) is 13.2 Å². The molecule has 0 bridgehead atoms. The third kappa shape index (κ3) is 2.63. The van der Waals surface area contributed by atoms with Crippen LogP contribution in [0.1, 0.15) is 15.9 Å². The van der Waals surface area contributed by atoms with E-state index >= 15 is 0 Å². The summed E-state index contributed by atoms with van der Waals surface area (Å²) in [6.45, 7) is 0. The SMILES string of the molecule is O=Cc1cccc(Cl)c1-c1ccccc1C(F)(F)F. The van der Waals surface area contributed by atoms with Gasteiger partial charge in [0.25, 0.3) is 0 Å². The van der Waals surface area contributed by atoms with Crippen molar-refractivity contribution in [3.05, 3.63) is 58.6 Å². The molecule has 0 saturated carbocycles. The molecule has 0 aliphatic rings. The number of alkyl halides is 3. The Morgan fingerprint density at radius 1 is 1.00 bits per heavy atom. The van der Waals surface area contributed by atoms with Crippen LogP contribution in [-0.4, -0.2) is 6.29 Å². The molecule has 0 heterocycles. The highest BCUT2D eigenvalue weighted by Crippen LogP contribution is 2.40. The van der Waals surface area contributed by atoms with Crippen molar-refractivity contribution < 1.29 is 18.0 Å². The Balaban J connectivity index is 2.77. The van der Waals surface area contributed by atoms with Gasteiger partial charge >= 0.3 is 6.18 Å². The van der Waals surface area contributed by atoms with Gasteiger partial charge < -0.3 is 0 Å². The van der Waals surface area contributed by atoms with Crippen LogP contribution in [0.25, 0.3) is 11.1 Å². The van der Waals surface area contributed by atoms with E-state index < -0.39 is 11.7 Å². The zero-order valence-corrected chi connectivity index (χ0v) is 10.3. The summed E-state index contributed by atoms with van der Waals surface area (Å²) in [5.74, 6) is 0. The Hall–Kier alpha value is -1.81. The first kappa shape index (κ1) is 13.6. The molecule has 0 aliphatic heterocycles. The Bertz CT molecular complexity index is 620. The monoisotopic (exact) mass is 284 g/mol. The Kier molecular flexibility index (Phi) is 3.62. The lowest BCUT2D eigenvalue weighted by Crippen LogP contribution is -2.07. The van der Waals surface area contributed by atoms with E-state index in [1.165, 1.54) is 36.4 Å². The summed E-state index contributed by atoms with van der Waals surface area (Å²) in [4.78, 5) is 11.0. The average molecular weight is 285 g/mol. The van der Waals surface area contributed by atoms with E-state index in [1.807, 2.05) is 0 Å². The fraction of sp³-hybridized carbons (Fsp3) is 0.0714. The number of carbonyl (C=O) groups excluding carboxylic acids is 1. The average Bonchev–Trinajstić information content (AvgIpc) is 2.37. The van der Waals surface area contributed by atoms with Crippen molar-refractivity contribution in [2.75, 3.05) is 0 Å². The summed E-state index contributed by atoms with van der Waals surface area (Å²) in [6, 6.07) is 9.45. The third-order valence-electron chi connectivity index (χ3n) is 2.67. The molecular formula is C14H8ClF3O. The molecule has 2 aromatic carbocycles. The Labute approximate surface area is 112 Å².